The number of rotatable bonds is 17. The zero-order chi connectivity index (χ0) is 46.2. The molecule has 2 aromatic carbocycles. The maximum absolute atomic E-state index is 13.5. The van der Waals surface area contributed by atoms with Crippen LogP contribution in [0.4, 0.5) is 0 Å². The van der Waals surface area contributed by atoms with Gasteiger partial charge in [0, 0.05) is 45.1 Å². The first-order valence-electron chi connectivity index (χ1n) is 22.7. The summed E-state index contributed by atoms with van der Waals surface area (Å²) >= 11 is 0. The van der Waals surface area contributed by atoms with Crippen LogP contribution in [0.5, 0.6) is 0 Å². The summed E-state index contributed by atoms with van der Waals surface area (Å²) in [4.78, 5) is 81.3. The molecule has 10 N–H and O–H groups in total. The van der Waals surface area contributed by atoms with Crippen LogP contribution in [-0.2, 0) is 41.6 Å². The number of carbonyl (C=O) groups is 6. The third kappa shape index (κ3) is 23.4. The molecule has 0 spiro atoms. The summed E-state index contributed by atoms with van der Waals surface area (Å²) in [6.07, 6.45) is 5.93. The quantitative estimate of drug-likeness (QED) is 0.107. The van der Waals surface area contributed by atoms with E-state index in [1.165, 1.54) is 24.2 Å². The maximum Gasteiger partial charge on any atom is 0.326 e. The Balaban J connectivity index is 0.00000157. The lowest BCUT2D eigenvalue weighted by atomic mass is 10.0. The molecule has 0 saturated carbocycles. The molecule has 0 aromatic heterocycles. The predicted octanol–water partition coefficient (Wildman–Crippen LogP) is 0.774. The Morgan fingerprint density at radius 3 is 1.87 bits per heavy atom. The third-order valence-corrected chi connectivity index (χ3v) is 10.2. The van der Waals surface area contributed by atoms with E-state index in [2.05, 4.69) is 62.9 Å². The van der Waals surface area contributed by atoms with Gasteiger partial charge in [-0.25, -0.2) is 4.79 Å². The highest BCUT2D eigenvalue weighted by Crippen LogP contribution is 2.19. The second-order valence-electron chi connectivity index (χ2n) is 15.9. The summed E-state index contributed by atoms with van der Waals surface area (Å²) in [5, 5.41) is 30.7. The third-order valence-electron chi connectivity index (χ3n) is 10.2. The van der Waals surface area contributed by atoms with E-state index < -0.39 is 53.8 Å². The maximum atomic E-state index is 13.5. The first kappa shape index (κ1) is 54.2. The topological polar surface area (TPSA) is 239 Å². The Morgan fingerprint density at radius 2 is 1.32 bits per heavy atom. The average Bonchev–Trinajstić information content (AvgIpc) is 3.52. The van der Waals surface area contributed by atoms with Gasteiger partial charge < -0.3 is 53.0 Å². The van der Waals surface area contributed by atoms with Gasteiger partial charge in [-0.1, -0.05) is 94.3 Å². The Hall–Kier alpha value is -4.94. The number of amides is 5. The number of hydrogen-bond donors (Lipinski definition) is 9. The second kappa shape index (κ2) is 32.7. The lowest BCUT2D eigenvalue weighted by Gasteiger charge is -2.25. The Kier molecular flexibility index (Phi) is 28.1. The van der Waals surface area contributed by atoms with Crippen molar-refractivity contribution < 1.29 is 33.9 Å². The van der Waals surface area contributed by atoms with Crippen molar-refractivity contribution in [3.8, 4) is 0 Å². The molecule has 5 amide bonds. The number of benzene rings is 2. The zero-order valence-corrected chi connectivity index (χ0v) is 38.1. The summed E-state index contributed by atoms with van der Waals surface area (Å²) in [5.41, 5.74) is 6.61. The number of likely N-dealkylation sites (tertiary alicyclic amines) is 1. The van der Waals surface area contributed by atoms with Gasteiger partial charge in [0.2, 0.25) is 29.5 Å². The Bertz CT molecular complexity index is 1610. The highest BCUT2D eigenvalue weighted by Gasteiger charge is 2.39. The molecule has 63 heavy (non-hydrogen) atoms. The first-order chi connectivity index (χ1) is 30.4. The van der Waals surface area contributed by atoms with E-state index in [9.17, 15) is 33.9 Å². The zero-order valence-electron chi connectivity index (χ0n) is 38.1. The number of unbranched alkanes of at least 4 members (excludes halogenated alkanes) is 1. The van der Waals surface area contributed by atoms with Gasteiger partial charge in [0.15, 0.2) is 0 Å². The largest absolute Gasteiger partial charge is 0.480 e. The van der Waals surface area contributed by atoms with Crippen molar-refractivity contribution in [2.75, 3.05) is 78.5 Å². The van der Waals surface area contributed by atoms with Gasteiger partial charge in [0.1, 0.15) is 18.1 Å². The molecule has 2 heterocycles. The normalized spacial score (nSPS) is 18.4. The summed E-state index contributed by atoms with van der Waals surface area (Å²) < 4.78 is 0. The number of nitrogens with one attached hydrogen (secondary N) is 7. The number of nitrogens with zero attached hydrogens (tertiary/aromatic N) is 2. The fraction of sp³-hybridized carbons (Fsp3) is 0.609. The molecule has 2 aliphatic rings. The number of aliphatic carboxylic acids is 1. The molecule has 4 atom stereocenters. The molecule has 2 saturated heterocycles. The van der Waals surface area contributed by atoms with Crippen molar-refractivity contribution in [3.05, 3.63) is 71.8 Å². The highest BCUT2D eigenvalue weighted by atomic mass is 16.4. The monoisotopic (exact) mass is 881 g/mol. The van der Waals surface area contributed by atoms with Crippen LogP contribution in [0, 0.1) is 0 Å². The SMILES string of the molecule is CC1CC(NC(=O)CNC(=O)CN2CCCNCCNCCCNCC2)C(=O)N1CC(=O)N[C@@H](Cc1ccccc1)C(=O)N[C@@H](Cc1ccccc1)C(=O)O.CCC.CCCCN. The second-order valence-corrected chi connectivity index (χ2v) is 15.9. The van der Waals surface area contributed by atoms with Crippen LogP contribution in [-0.4, -0.2) is 153 Å². The molecule has 2 fully saturated rings. The van der Waals surface area contributed by atoms with Crippen molar-refractivity contribution in [1.29, 1.82) is 0 Å². The van der Waals surface area contributed by atoms with Gasteiger partial charge in [-0.05, 0) is 76.5 Å². The van der Waals surface area contributed by atoms with Crippen LogP contribution in [0.1, 0.15) is 77.3 Å². The summed E-state index contributed by atoms with van der Waals surface area (Å²) in [7, 11) is 0. The average molecular weight is 881 g/mol. The molecular formula is C46H76N10O7. The van der Waals surface area contributed by atoms with E-state index in [1.807, 2.05) is 12.1 Å². The van der Waals surface area contributed by atoms with E-state index in [0.29, 0.717) is 6.54 Å². The molecule has 2 aliphatic heterocycles. The summed E-state index contributed by atoms with van der Waals surface area (Å²) in [6.45, 7) is 15.1. The fourth-order valence-corrected chi connectivity index (χ4v) is 6.83. The summed E-state index contributed by atoms with van der Waals surface area (Å²) in [6, 6.07) is 14.3. The van der Waals surface area contributed by atoms with Crippen LogP contribution in [0.2, 0.25) is 0 Å². The van der Waals surface area contributed by atoms with Crippen molar-refractivity contribution in [2.24, 2.45) is 5.73 Å². The van der Waals surface area contributed by atoms with Crippen molar-refractivity contribution in [3.63, 3.8) is 0 Å². The molecule has 0 aliphatic carbocycles. The number of carboxylic acids is 1. The van der Waals surface area contributed by atoms with Crippen LogP contribution < -0.4 is 43.0 Å². The van der Waals surface area contributed by atoms with E-state index in [0.717, 1.165) is 76.3 Å². The fourth-order valence-electron chi connectivity index (χ4n) is 6.83. The lowest BCUT2D eigenvalue weighted by Crippen LogP contribution is -2.55. The van der Waals surface area contributed by atoms with Crippen molar-refractivity contribution in [2.45, 2.75) is 103 Å². The molecule has 17 heteroatoms. The number of carbonyl (C=O) groups excluding carboxylic acids is 5. The molecule has 2 aromatic rings. The molecule has 17 nitrogen and oxygen atoms in total. The van der Waals surface area contributed by atoms with Gasteiger partial charge >= 0.3 is 5.97 Å². The number of carboxylic acid groups (broad SMARTS) is 1. The van der Waals surface area contributed by atoms with Crippen molar-refractivity contribution >= 4 is 35.5 Å². The molecule has 2 unspecified atom stereocenters. The number of nitrogens with two attached hydrogens (primary N) is 1. The van der Waals surface area contributed by atoms with Gasteiger partial charge in [0.05, 0.1) is 19.6 Å². The lowest BCUT2D eigenvalue weighted by molar-refractivity contribution is -0.142. The first-order valence-corrected chi connectivity index (χ1v) is 22.7. The van der Waals surface area contributed by atoms with Crippen LogP contribution in [0.15, 0.2) is 60.7 Å². The van der Waals surface area contributed by atoms with Crippen LogP contribution in [0.3, 0.4) is 0 Å². The van der Waals surface area contributed by atoms with Crippen molar-refractivity contribution in [1.82, 2.24) is 47.0 Å². The van der Waals surface area contributed by atoms with E-state index >= 15 is 0 Å². The van der Waals surface area contributed by atoms with Gasteiger partial charge in [-0.2, -0.15) is 0 Å². The van der Waals surface area contributed by atoms with E-state index in [-0.39, 0.29) is 44.8 Å². The van der Waals surface area contributed by atoms with Gasteiger partial charge in [0.25, 0.3) is 0 Å². The molecule has 4 rings (SSSR count). The van der Waals surface area contributed by atoms with Gasteiger partial charge in [-0.3, -0.25) is 28.9 Å². The minimum absolute atomic E-state index is 0.0525. The van der Waals surface area contributed by atoms with Gasteiger partial charge in [-0.15, -0.1) is 0 Å². The predicted molar refractivity (Wildman–Crippen MR) is 247 cm³/mol. The standard InChI is InChI=1S/C39H57N9O7.C4H11N.C3H8/c1-28-22-32(45-34(49)25-43-35(50)26-47-20-9-16-41-18-17-40-14-8-15-42-19-21-47)38(53)48(28)27-36(51)44-31(23-29-10-4-2-5-11-29)37(52)46-33(39(54)55)24-30-12-6-3-7-13-30;1-2-3-4-5;1-3-2/h2-7,10-13,28,31-33,40-42H,8-9,14-27H2,1H3,(H,43,50)(H,44,51)(H,45,49)(H,46,52)(H,54,55);2-5H2,1H3;3H2,1-2H3/t28?,31-,32?,33-;;/m0../s1. The van der Waals surface area contributed by atoms with Crippen LogP contribution in [0.25, 0.3) is 0 Å². The minimum atomic E-state index is -1.23. The molecule has 352 valence electrons. The molecule has 0 radical (unpaired) electrons. The van der Waals surface area contributed by atoms with Crippen LogP contribution >= 0.6 is 0 Å². The Labute approximate surface area is 374 Å². The van der Waals surface area contributed by atoms with E-state index in [1.54, 1.807) is 55.5 Å². The number of hydrogen-bond acceptors (Lipinski definition) is 11. The summed E-state index contributed by atoms with van der Waals surface area (Å²) in [5.74, 6) is -3.76. The van der Waals surface area contributed by atoms with E-state index in [4.69, 9.17) is 5.73 Å². The smallest absolute Gasteiger partial charge is 0.326 e. The highest BCUT2D eigenvalue weighted by molar-refractivity contribution is 5.95. The molecule has 0 bridgehead atoms. The molecular weight excluding hydrogens is 805 g/mol. The Morgan fingerprint density at radius 1 is 0.746 bits per heavy atom. The minimum Gasteiger partial charge on any atom is -0.480 e.